The number of hydrogen-bond acceptors (Lipinski definition) is 2. The van der Waals surface area contributed by atoms with Crippen molar-refractivity contribution < 1.29 is 4.79 Å². The topological polar surface area (TPSA) is 32.3 Å². The van der Waals surface area contributed by atoms with Crippen LogP contribution >= 0.6 is 0 Å². The summed E-state index contributed by atoms with van der Waals surface area (Å²) in [6.07, 6.45) is 2.09. The normalized spacial score (nSPS) is 18.0. The predicted octanol–water partition coefficient (Wildman–Crippen LogP) is 2.81. The molecule has 1 N–H and O–H groups in total. The number of benzene rings is 1. The molecule has 1 aliphatic heterocycles. The average molecular weight is 274 g/mol. The molecule has 1 saturated heterocycles. The van der Waals surface area contributed by atoms with Crippen molar-refractivity contribution in [2.75, 3.05) is 20.1 Å². The van der Waals surface area contributed by atoms with Crippen LogP contribution in [0.1, 0.15) is 49.5 Å². The maximum atomic E-state index is 12.3. The third-order valence-corrected chi connectivity index (χ3v) is 4.04. The smallest absolute Gasteiger partial charge is 0.251 e. The molecule has 0 radical (unpaired) electrons. The zero-order chi connectivity index (χ0) is 14.8. The second-order valence-electron chi connectivity index (χ2n) is 6.88. The van der Waals surface area contributed by atoms with Gasteiger partial charge in [-0.05, 0) is 56.1 Å². The first-order valence-electron chi connectivity index (χ1n) is 7.46. The van der Waals surface area contributed by atoms with Gasteiger partial charge in [0.2, 0.25) is 0 Å². The van der Waals surface area contributed by atoms with E-state index in [1.54, 1.807) is 0 Å². The first kappa shape index (κ1) is 15.0. The second kappa shape index (κ2) is 5.96. The Labute approximate surface area is 122 Å². The third-order valence-electron chi connectivity index (χ3n) is 4.04. The maximum absolute atomic E-state index is 12.3. The monoisotopic (exact) mass is 274 g/mol. The van der Waals surface area contributed by atoms with Gasteiger partial charge in [-0.3, -0.25) is 4.79 Å². The second-order valence-corrected chi connectivity index (χ2v) is 6.88. The maximum Gasteiger partial charge on any atom is 0.251 e. The molecule has 3 nitrogen and oxygen atoms in total. The Kier molecular flexibility index (Phi) is 4.48. The van der Waals surface area contributed by atoms with Crippen molar-refractivity contribution in [1.29, 1.82) is 0 Å². The summed E-state index contributed by atoms with van der Waals surface area (Å²) < 4.78 is 0. The van der Waals surface area contributed by atoms with Gasteiger partial charge in [0.25, 0.3) is 5.91 Å². The number of likely N-dealkylation sites (tertiary alicyclic amines) is 1. The minimum Gasteiger partial charge on any atom is -0.349 e. The minimum absolute atomic E-state index is 0.0608. The van der Waals surface area contributed by atoms with E-state index in [2.05, 4.69) is 44.1 Å². The molecule has 3 heteroatoms. The number of carbonyl (C=O) groups excluding carboxylic acids is 1. The van der Waals surface area contributed by atoms with Gasteiger partial charge in [0.15, 0.2) is 0 Å². The Hall–Kier alpha value is -1.35. The SMILES string of the molecule is CN1CCC(NC(=O)c2cccc(C(C)(C)C)c2)CC1. The van der Waals surface area contributed by atoms with Crippen molar-refractivity contribution in [3.63, 3.8) is 0 Å². The Morgan fingerprint density at radius 2 is 1.90 bits per heavy atom. The van der Waals surface area contributed by atoms with Crippen LogP contribution < -0.4 is 5.32 Å². The van der Waals surface area contributed by atoms with Crippen molar-refractivity contribution in [3.05, 3.63) is 35.4 Å². The zero-order valence-electron chi connectivity index (χ0n) is 13.1. The summed E-state index contributed by atoms with van der Waals surface area (Å²) >= 11 is 0. The molecular weight excluding hydrogens is 248 g/mol. The van der Waals surface area contributed by atoms with E-state index < -0.39 is 0 Å². The number of nitrogens with zero attached hydrogens (tertiary/aromatic N) is 1. The number of amides is 1. The molecule has 0 aliphatic carbocycles. The summed E-state index contributed by atoms with van der Waals surface area (Å²) in [5.41, 5.74) is 2.05. The number of piperidine rings is 1. The number of rotatable bonds is 2. The Balaban J connectivity index is 2.02. The quantitative estimate of drug-likeness (QED) is 0.899. The van der Waals surface area contributed by atoms with E-state index in [-0.39, 0.29) is 11.3 Å². The van der Waals surface area contributed by atoms with Crippen molar-refractivity contribution >= 4 is 5.91 Å². The van der Waals surface area contributed by atoms with E-state index in [0.717, 1.165) is 31.5 Å². The molecule has 0 bridgehead atoms. The largest absolute Gasteiger partial charge is 0.349 e. The molecule has 20 heavy (non-hydrogen) atoms. The summed E-state index contributed by atoms with van der Waals surface area (Å²) in [6.45, 7) is 8.63. The highest BCUT2D eigenvalue weighted by atomic mass is 16.1. The highest BCUT2D eigenvalue weighted by molar-refractivity contribution is 5.94. The third kappa shape index (κ3) is 3.83. The van der Waals surface area contributed by atoms with Crippen LogP contribution in [0.2, 0.25) is 0 Å². The summed E-state index contributed by atoms with van der Waals surface area (Å²) in [4.78, 5) is 14.7. The van der Waals surface area contributed by atoms with Gasteiger partial charge in [-0.25, -0.2) is 0 Å². The van der Waals surface area contributed by atoms with E-state index in [4.69, 9.17) is 0 Å². The van der Waals surface area contributed by atoms with Gasteiger partial charge >= 0.3 is 0 Å². The fourth-order valence-electron chi connectivity index (χ4n) is 2.55. The molecule has 1 aromatic carbocycles. The minimum atomic E-state index is 0.0608. The summed E-state index contributed by atoms with van der Waals surface area (Å²) in [5.74, 6) is 0.0608. The predicted molar refractivity (Wildman–Crippen MR) is 83.1 cm³/mol. The zero-order valence-corrected chi connectivity index (χ0v) is 13.1. The molecule has 110 valence electrons. The lowest BCUT2D eigenvalue weighted by Gasteiger charge is -2.29. The lowest BCUT2D eigenvalue weighted by Crippen LogP contribution is -2.43. The molecule has 0 saturated carbocycles. The Bertz CT molecular complexity index is 468. The van der Waals surface area contributed by atoms with Crippen LogP contribution in [0.15, 0.2) is 24.3 Å². The van der Waals surface area contributed by atoms with E-state index >= 15 is 0 Å². The molecule has 0 spiro atoms. The first-order chi connectivity index (χ1) is 9.36. The van der Waals surface area contributed by atoms with Crippen LogP contribution in [0.4, 0.5) is 0 Å². The van der Waals surface area contributed by atoms with E-state index in [9.17, 15) is 4.79 Å². The number of hydrogen-bond donors (Lipinski definition) is 1. The highest BCUT2D eigenvalue weighted by Crippen LogP contribution is 2.23. The van der Waals surface area contributed by atoms with E-state index in [0.29, 0.717) is 6.04 Å². The Morgan fingerprint density at radius 1 is 1.25 bits per heavy atom. The van der Waals surface area contributed by atoms with Gasteiger partial charge in [0.1, 0.15) is 0 Å². The highest BCUT2D eigenvalue weighted by Gasteiger charge is 2.20. The van der Waals surface area contributed by atoms with Crippen LogP contribution in [-0.4, -0.2) is 37.0 Å². The van der Waals surface area contributed by atoms with E-state index in [1.807, 2.05) is 18.2 Å². The van der Waals surface area contributed by atoms with Gasteiger partial charge in [-0.1, -0.05) is 32.9 Å². The van der Waals surface area contributed by atoms with Gasteiger partial charge in [0.05, 0.1) is 0 Å². The molecule has 1 fully saturated rings. The average Bonchev–Trinajstić information content (AvgIpc) is 2.40. The number of nitrogens with one attached hydrogen (secondary N) is 1. The summed E-state index contributed by atoms with van der Waals surface area (Å²) in [5, 5.41) is 3.17. The van der Waals surface area contributed by atoms with Gasteiger partial charge in [0, 0.05) is 11.6 Å². The summed E-state index contributed by atoms with van der Waals surface area (Å²) in [7, 11) is 2.13. The van der Waals surface area contributed by atoms with Gasteiger partial charge in [-0.2, -0.15) is 0 Å². The fourth-order valence-corrected chi connectivity index (χ4v) is 2.55. The van der Waals surface area contributed by atoms with Crippen molar-refractivity contribution in [3.8, 4) is 0 Å². The Morgan fingerprint density at radius 3 is 2.50 bits per heavy atom. The fraction of sp³-hybridized carbons (Fsp3) is 0.588. The first-order valence-corrected chi connectivity index (χ1v) is 7.46. The van der Waals surface area contributed by atoms with Crippen molar-refractivity contribution in [1.82, 2.24) is 10.2 Å². The molecule has 2 rings (SSSR count). The van der Waals surface area contributed by atoms with Crippen LogP contribution in [-0.2, 0) is 5.41 Å². The molecule has 0 aromatic heterocycles. The summed E-state index contributed by atoms with van der Waals surface area (Å²) in [6, 6.07) is 8.30. The molecule has 0 atom stereocenters. The van der Waals surface area contributed by atoms with Crippen LogP contribution in [0.5, 0.6) is 0 Å². The molecule has 1 aliphatic rings. The standard InChI is InChI=1S/C17H26N2O/c1-17(2,3)14-7-5-6-13(12-14)16(20)18-15-8-10-19(4)11-9-15/h5-7,12,15H,8-11H2,1-4H3,(H,18,20). The molecule has 1 heterocycles. The van der Waals surface area contributed by atoms with Crippen molar-refractivity contribution in [2.45, 2.75) is 45.1 Å². The van der Waals surface area contributed by atoms with Gasteiger partial charge < -0.3 is 10.2 Å². The molecular formula is C17H26N2O. The van der Waals surface area contributed by atoms with Crippen LogP contribution in [0, 0.1) is 0 Å². The van der Waals surface area contributed by atoms with Crippen LogP contribution in [0.3, 0.4) is 0 Å². The lowest BCUT2D eigenvalue weighted by atomic mass is 9.86. The molecule has 1 amide bonds. The molecule has 1 aromatic rings. The van der Waals surface area contributed by atoms with Crippen LogP contribution in [0.25, 0.3) is 0 Å². The number of carbonyl (C=O) groups is 1. The molecule has 0 unspecified atom stereocenters. The van der Waals surface area contributed by atoms with Crippen molar-refractivity contribution in [2.24, 2.45) is 0 Å². The van der Waals surface area contributed by atoms with Gasteiger partial charge in [-0.15, -0.1) is 0 Å². The lowest BCUT2D eigenvalue weighted by molar-refractivity contribution is 0.0916. The van der Waals surface area contributed by atoms with E-state index in [1.165, 1.54) is 5.56 Å².